The van der Waals surface area contributed by atoms with Gasteiger partial charge in [0.2, 0.25) is 5.91 Å². The zero-order valence-electron chi connectivity index (χ0n) is 12.2. The fourth-order valence-corrected chi connectivity index (χ4v) is 2.34. The van der Waals surface area contributed by atoms with Crippen molar-refractivity contribution in [2.45, 2.75) is 26.3 Å². The fourth-order valence-electron chi connectivity index (χ4n) is 2.34. The highest BCUT2D eigenvalue weighted by molar-refractivity contribution is 5.90. The summed E-state index contributed by atoms with van der Waals surface area (Å²) in [6.07, 6.45) is 1.92. The van der Waals surface area contributed by atoms with Crippen LogP contribution in [0.3, 0.4) is 0 Å². The lowest BCUT2D eigenvalue weighted by molar-refractivity contribution is -0.125. The van der Waals surface area contributed by atoms with Gasteiger partial charge in [0, 0.05) is 6.54 Å². The molecule has 1 aliphatic heterocycles. The van der Waals surface area contributed by atoms with E-state index in [2.05, 4.69) is 15.4 Å². The van der Waals surface area contributed by atoms with Gasteiger partial charge in [-0.05, 0) is 32.4 Å². The van der Waals surface area contributed by atoms with Crippen LogP contribution >= 0.6 is 12.4 Å². The van der Waals surface area contributed by atoms with Crippen molar-refractivity contribution in [3.63, 3.8) is 0 Å². The molecular weight excluding hydrogens is 296 g/mol. The van der Waals surface area contributed by atoms with Gasteiger partial charge in [-0.25, -0.2) is 4.79 Å². The third kappa shape index (κ3) is 4.47. The van der Waals surface area contributed by atoms with E-state index in [0.29, 0.717) is 17.1 Å². The van der Waals surface area contributed by atoms with Gasteiger partial charge in [-0.1, -0.05) is 0 Å². The first kappa shape index (κ1) is 17.5. The molecule has 0 saturated carbocycles. The number of ether oxygens (including phenoxy) is 1. The van der Waals surface area contributed by atoms with E-state index in [1.807, 2.05) is 0 Å². The van der Waals surface area contributed by atoms with Gasteiger partial charge in [0.15, 0.2) is 0 Å². The molecule has 0 aromatic carbocycles. The summed E-state index contributed by atoms with van der Waals surface area (Å²) in [6, 6.07) is 1.61. The van der Waals surface area contributed by atoms with E-state index in [0.717, 1.165) is 25.9 Å². The molecular formula is C14H21ClN2O4. The summed E-state index contributed by atoms with van der Waals surface area (Å²) < 4.78 is 10.1. The molecule has 1 aromatic rings. The topological polar surface area (TPSA) is 80.6 Å². The van der Waals surface area contributed by atoms with Crippen LogP contribution in [0.1, 0.15) is 34.7 Å². The molecule has 118 valence electrons. The molecule has 1 unspecified atom stereocenters. The van der Waals surface area contributed by atoms with Crippen molar-refractivity contribution >= 4 is 24.3 Å². The molecule has 0 radical (unpaired) electrons. The lowest BCUT2D eigenvalue weighted by Gasteiger charge is -2.21. The third-order valence-electron chi connectivity index (χ3n) is 3.48. The van der Waals surface area contributed by atoms with Gasteiger partial charge in [0.25, 0.3) is 0 Å². The van der Waals surface area contributed by atoms with Crippen molar-refractivity contribution in [2.75, 3.05) is 20.2 Å². The molecule has 1 atom stereocenters. The predicted octanol–water partition coefficient (Wildman–Crippen LogP) is 1.41. The summed E-state index contributed by atoms with van der Waals surface area (Å²) in [6.45, 7) is 3.68. The average molecular weight is 317 g/mol. The van der Waals surface area contributed by atoms with Crippen molar-refractivity contribution in [1.82, 2.24) is 10.6 Å². The van der Waals surface area contributed by atoms with Gasteiger partial charge in [-0.3, -0.25) is 4.79 Å². The van der Waals surface area contributed by atoms with Crippen molar-refractivity contribution in [3.05, 3.63) is 23.2 Å². The minimum Gasteiger partial charge on any atom is -0.465 e. The van der Waals surface area contributed by atoms with Crippen LogP contribution in [0.25, 0.3) is 0 Å². The molecule has 1 aromatic heterocycles. The van der Waals surface area contributed by atoms with Crippen LogP contribution in [0.15, 0.2) is 10.5 Å². The third-order valence-corrected chi connectivity index (χ3v) is 3.48. The Hall–Kier alpha value is -1.53. The molecule has 2 rings (SSSR count). The number of aryl methyl sites for hydroxylation is 1. The smallest absolute Gasteiger partial charge is 0.341 e. The number of furan rings is 1. The predicted molar refractivity (Wildman–Crippen MR) is 79.5 cm³/mol. The van der Waals surface area contributed by atoms with Crippen molar-refractivity contribution in [3.8, 4) is 0 Å². The maximum atomic E-state index is 12.0. The average Bonchev–Trinajstić information content (AvgIpc) is 2.86. The number of esters is 1. The van der Waals surface area contributed by atoms with E-state index in [-0.39, 0.29) is 30.8 Å². The summed E-state index contributed by atoms with van der Waals surface area (Å²) >= 11 is 0. The Morgan fingerprint density at radius 2 is 2.29 bits per heavy atom. The van der Waals surface area contributed by atoms with Gasteiger partial charge < -0.3 is 19.8 Å². The lowest BCUT2D eigenvalue weighted by atomic mass is 9.99. The maximum absolute atomic E-state index is 12.0. The van der Waals surface area contributed by atoms with E-state index < -0.39 is 5.97 Å². The van der Waals surface area contributed by atoms with Gasteiger partial charge >= 0.3 is 5.97 Å². The van der Waals surface area contributed by atoms with Crippen LogP contribution in [0.4, 0.5) is 0 Å². The molecule has 2 N–H and O–H groups in total. The minimum absolute atomic E-state index is 0. The number of nitrogens with one attached hydrogen (secondary N) is 2. The van der Waals surface area contributed by atoms with E-state index in [1.54, 1.807) is 13.0 Å². The largest absolute Gasteiger partial charge is 0.465 e. The Balaban J connectivity index is 0.00000220. The zero-order valence-corrected chi connectivity index (χ0v) is 13.0. The SMILES string of the molecule is COC(=O)c1cc(CNC(=O)C2CCCNC2)oc1C.Cl. The maximum Gasteiger partial charge on any atom is 0.341 e. The number of methoxy groups -OCH3 is 1. The number of carbonyl (C=O) groups excluding carboxylic acids is 2. The number of hydrogen-bond donors (Lipinski definition) is 2. The van der Waals surface area contributed by atoms with Crippen LogP contribution in [0.5, 0.6) is 0 Å². The highest BCUT2D eigenvalue weighted by Gasteiger charge is 2.21. The summed E-state index contributed by atoms with van der Waals surface area (Å²) in [4.78, 5) is 23.4. The molecule has 1 aliphatic rings. The lowest BCUT2D eigenvalue weighted by Crippen LogP contribution is -2.40. The molecule has 6 nitrogen and oxygen atoms in total. The second-order valence-electron chi connectivity index (χ2n) is 4.94. The number of rotatable bonds is 4. The second kappa shape index (κ2) is 8.05. The van der Waals surface area contributed by atoms with E-state index >= 15 is 0 Å². The summed E-state index contributed by atoms with van der Waals surface area (Å²) in [5.41, 5.74) is 0.399. The number of piperidine rings is 1. The molecule has 1 saturated heterocycles. The van der Waals surface area contributed by atoms with Gasteiger partial charge in [-0.2, -0.15) is 0 Å². The Morgan fingerprint density at radius 1 is 1.52 bits per heavy atom. The molecule has 21 heavy (non-hydrogen) atoms. The van der Waals surface area contributed by atoms with Crippen molar-refractivity contribution < 1.29 is 18.7 Å². The number of carbonyl (C=O) groups is 2. The Morgan fingerprint density at radius 3 is 2.90 bits per heavy atom. The van der Waals surface area contributed by atoms with Crippen LogP contribution < -0.4 is 10.6 Å². The first-order valence-electron chi connectivity index (χ1n) is 6.78. The molecule has 1 amide bonds. The van der Waals surface area contributed by atoms with E-state index in [1.165, 1.54) is 7.11 Å². The van der Waals surface area contributed by atoms with Gasteiger partial charge in [0.05, 0.1) is 19.6 Å². The van der Waals surface area contributed by atoms with Crippen molar-refractivity contribution in [1.29, 1.82) is 0 Å². The van der Waals surface area contributed by atoms with Crippen LogP contribution in [0.2, 0.25) is 0 Å². The van der Waals surface area contributed by atoms with E-state index in [4.69, 9.17) is 4.42 Å². The van der Waals surface area contributed by atoms with Crippen LogP contribution in [0, 0.1) is 12.8 Å². The number of hydrogen-bond acceptors (Lipinski definition) is 5. The highest BCUT2D eigenvalue weighted by Crippen LogP contribution is 2.16. The van der Waals surface area contributed by atoms with Crippen LogP contribution in [-0.4, -0.2) is 32.1 Å². The minimum atomic E-state index is -0.430. The zero-order chi connectivity index (χ0) is 14.5. The highest BCUT2D eigenvalue weighted by atomic mass is 35.5. The molecule has 0 aliphatic carbocycles. The molecule has 2 heterocycles. The summed E-state index contributed by atoms with van der Waals surface area (Å²) in [7, 11) is 1.33. The normalized spacial score (nSPS) is 17.7. The molecule has 1 fully saturated rings. The first-order valence-corrected chi connectivity index (χ1v) is 6.78. The molecule has 0 spiro atoms. The fraction of sp³-hybridized carbons (Fsp3) is 0.571. The number of amides is 1. The number of halogens is 1. The summed E-state index contributed by atoms with van der Waals surface area (Å²) in [5, 5.41) is 6.05. The quantitative estimate of drug-likeness (QED) is 0.821. The monoisotopic (exact) mass is 316 g/mol. The Labute approximate surface area is 130 Å². The Bertz CT molecular complexity index is 495. The van der Waals surface area contributed by atoms with Gasteiger partial charge in [-0.15, -0.1) is 12.4 Å². The Kier molecular flexibility index (Phi) is 6.71. The molecule has 7 heteroatoms. The summed E-state index contributed by atoms with van der Waals surface area (Å²) in [5.74, 6) is 0.659. The van der Waals surface area contributed by atoms with Gasteiger partial charge in [0.1, 0.15) is 17.1 Å². The first-order chi connectivity index (χ1) is 9.61. The molecule has 0 bridgehead atoms. The standard InChI is InChI=1S/C14H20N2O4.ClH/c1-9-12(14(18)19-2)6-11(20-9)8-16-13(17)10-4-3-5-15-7-10;/h6,10,15H,3-5,7-8H2,1-2H3,(H,16,17);1H. The van der Waals surface area contributed by atoms with Crippen LogP contribution in [-0.2, 0) is 16.1 Å². The van der Waals surface area contributed by atoms with E-state index in [9.17, 15) is 9.59 Å². The van der Waals surface area contributed by atoms with Crippen molar-refractivity contribution in [2.24, 2.45) is 5.92 Å². The second-order valence-corrected chi connectivity index (χ2v) is 4.94.